The number of aromatic nitrogens is 3. The summed E-state index contributed by atoms with van der Waals surface area (Å²) >= 11 is 0. The second-order valence-electron chi connectivity index (χ2n) is 4.15. The maximum atomic E-state index is 12.9. The molecule has 0 spiro atoms. The fourth-order valence-corrected chi connectivity index (χ4v) is 1.43. The molecule has 0 aromatic carbocycles. The zero-order valence-electron chi connectivity index (χ0n) is 10.1. The number of hydrogen-bond donors (Lipinski definition) is 2. The lowest BCUT2D eigenvalue weighted by atomic mass is 10.0. The molecule has 6 nitrogen and oxygen atoms in total. The summed E-state index contributed by atoms with van der Waals surface area (Å²) in [5.41, 5.74) is -2.63. The molecule has 0 aliphatic carbocycles. The topological polar surface area (TPSA) is 88.0 Å². The molecule has 0 aliphatic heterocycles. The van der Waals surface area contributed by atoms with Gasteiger partial charge in [-0.1, -0.05) is 0 Å². The standard InChI is InChI=1S/C11H9F3N4O2/c1-10(9(19)20,11(12,13)14)18-7-3-2-6-8(17-7)16-5-4-15-6/h2-5H,1H3,(H,19,20)(H,16,17,18). The van der Waals surface area contributed by atoms with Gasteiger partial charge < -0.3 is 10.4 Å². The highest BCUT2D eigenvalue weighted by Crippen LogP contribution is 2.33. The summed E-state index contributed by atoms with van der Waals surface area (Å²) in [6.45, 7) is 0.526. The van der Waals surface area contributed by atoms with Gasteiger partial charge in [-0.2, -0.15) is 13.2 Å². The Kier molecular flexibility index (Phi) is 3.20. The van der Waals surface area contributed by atoms with Crippen LogP contribution in [0.15, 0.2) is 24.5 Å². The molecule has 1 unspecified atom stereocenters. The van der Waals surface area contributed by atoms with Crippen LogP contribution < -0.4 is 5.32 Å². The number of aliphatic carboxylic acids is 1. The predicted octanol–water partition coefficient (Wildman–Crippen LogP) is 1.84. The largest absolute Gasteiger partial charge is 0.479 e. The molecule has 106 valence electrons. The first-order chi connectivity index (χ1) is 9.24. The molecule has 0 saturated carbocycles. The Bertz CT molecular complexity index is 661. The van der Waals surface area contributed by atoms with Crippen LogP contribution in [0.3, 0.4) is 0 Å². The van der Waals surface area contributed by atoms with Crippen LogP contribution in [0.25, 0.3) is 11.2 Å². The van der Waals surface area contributed by atoms with Crippen LogP contribution >= 0.6 is 0 Å². The lowest BCUT2D eigenvalue weighted by Gasteiger charge is -2.28. The number of pyridine rings is 1. The first-order valence-corrected chi connectivity index (χ1v) is 5.40. The predicted molar refractivity (Wildman–Crippen MR) is 63.1 cm³/mol. The summed E-state index contributed by atoms with van der Waals surface area (Å²) in [6.07, 6.45) is -2.24. The molecule has 2 heterocycles. The number of fused-ring (bicyclic) bond motifs is 1. The van der Waals surface area contributed by atoms with Crippen molar-refractivity contribution in [1.82, 2.24) is 15.0 Å². The van der Waals surface area contributed by atoms with Crippen molar-refractivity contribution in [1.29, 1.82) is 0 Å². The molecular formula is C11H9F3N4O2. The van der Waals surface area contributed by atoms with E-state index in [1.165, 1.54) is 24.5 Å². The van der Waals surface area contributed by atoms with Gasteiger partial charge in [0.15, 0.2) is 5.65 Å². The van der Waals surface area contributed by atoms with Crippen molar-refractivity contribution in [3.8, 4) is 0 Å². The number of hydrogen-bond acceptors (Lipinski definition) is 5. The zero-order chi connectivity index (χ0) is 15.0. The molecule has 2 N–H and O–H groups in total. The molecule has 2 aromatic heterocycles. The van der Waals surface area contributed by atoms with Gasteiger partial charge in [-0.25, -0.2) is 14.8 Å². The van der Waals surface area contributed by atoms with E-state index in [-0.39, 0.29) is 11.5 Å². The number of nitrogens with zero attached hydrogens (tertiary/aromatic N) is 3. The van der Waals surface area contributed by atoms with Crippen LogP contribution in [-0.2, 0) is 4.79 Å². The Morgan fingerprint density at radius 2 is 1.90 bits per heavy atom. The Morgan fingerprint density at radius 3 is 2.50 bits per heavy atom. The molecule has 20 heavy (non-hydrogen) atoms. The van der Waals surface area contributed by atoms with Crippen molar-refractivity contribution in [3.05, 3.63) is 24.5 Å². The minimum Gasteiger partial charge on any atom is -0.479 e. The van der Waals surface area contributed by atoms with E-state index < -0.39 is 17.7 Å². The number of alkyl halides is 3. The van der Waals surface area contributed by atoms with Crippen LogP contribution in [0.2, 0.25) is 0 Å². The van der Waals surface area contributed by atoms with Crippen LogP contribution in [0, 0.1) is 0 Å². The van der Waals surface area contributed by atoms with E-state index >= 15 is 0 Å². The third kappa shape index (κ3) is 2.33. The Morgan fingerprint density at radius 1 is 1.25 bits per heavy atom. The quantitative estimate of drug-likeness (QED) is 0.895. The third-order valence-corrected chi connectivity index (χ3v) is 2.70. The van der Waals surface area contributed by atoms with Gasteiger partial charge in [0.25, 0.3) is 0 Å². The highest BCUT2D eigenvalue weighted by molar-refractivity contribution is 5.83. The second kappa shape index (κ2) is 4.58. The van der Waals surface area contributed by atoms with Gasteiger partial charge in [0.1, 0.15) is 11.3 Å². The average Bonchev–Trinajstić information content (AvgIpc) is 2.37. The number of anilines is 1. The highest BCUT2D eigenvalue weighted by Gasteiger charge is 2.57. The summed E-state index contributed by atoms with van der Waals surface area (Å²) in [7, 11) is 0. The smallest absolute Gasteiger partial charge is 0.422 e. The number of halogens is 3. The van der Waals surface area contributed by atoms with Gasteiger partial charge in [0, 0.05) is 12.4 Å². The maximum absolute atomic E-state index is 12.9. The van der Waals surface area contributed by atoms with E-state index in [0.717, 1.165) is 0 Å². The molecule has 1 atom stereocenters. The van der Waals surface area contributed by atoms with E-state index in [9.17, 15) is 18.0 Å². The first kappa shape index (κ1) is 14.0. The fourth-order valence-electron chi connectivity index (χ4n) is 1.43. The lowest BCUT2D eigenvalue weighted by molar-refractivity contribution is -0.192. The van der Waals surface area contributed by atoms with E-state index in [1.807, 2.05) is 5.32 Å². The summed E-state index contributed by atoms with van der Waals surface area (Å²) in [6, 6.07) is 2.61. The number of carboxylic acids is 1. The maximum Gasteiger partial charge on any atom is 0.422 e. The Balaban J connectivity index is 2.41. The van der Waals surface area contributed by atoms with E-state index in [2.05, 4.69) is 15.0 Å². The molecular weight excluding hydrogens is 277 g/mol. The van der Waals surface area contributed by atoms with Crippen molar-refractivity contribution in [2.45, 2.75) is 18.6 Å². The van der Waals surface area contributed by atoms with Gasteiger partial charge in [0.2, 0.25) is 5.54 Å². The molecule has 0 bridgehead atoms. The Labute approximate surface area is 110 Å². The zero-order valence-corrected chi connectivity index (χ0v) is 10.1. The summed E-state index contributed by atoms with van der Waals surface area (Å²) in [4.78, 5) is 22.5. The number of carbonyl (C=O) groups is 1. The van der Waals surface area contributed by atoms with Crippen molar-refractivity contribution in [3.63, 3.8) is 0 Å². The minimum atomic E-state index is -4.99. The molecule has 0 fully saturated rings. The second-order valence-corrected chi connectivity index (χ2v) is 4.15. The summed E-state index contributed by atoms with van der Waals surface area (Å²) in [5, 5.41) is 10.7. The molecule has 0 aliphatic rings. The number of carboxylic acid groups (broad SMARTS) is 1. The monoisotopic (exact) mass is 286 g/mol. The summed E-state index contributed by atoms with van der Waals surface area (Å²) in [5.74, 6) is -2.30. The van der Waals surface area contributed by atoms with Crippen molar-refractivity contribution < 1.29 is 23.1 Å². The highest BCUT2D eigenvalue weighted by atomic mass is 19.4. The number of rotatable bonds is 3. The Hall–Kier alpha value is -2.45. The van der Waals surface area contributed by atoms with Crippen molar-refractivity contribution >= 4 is 23.0 Å². The van der Waals surface area contributed by atoms with Gasteiger partial charge in [-0.05, 0) is 19.1 Å². The molecule has 0 amide bonds. The SMILES string of the molecule is CC(Nc1ccc2nccnc2n1)(C(=O)O)C(F)(F)F. The molecule has 0 radical (unpaired) electrons. The molecule has 0 saturated heterocycles. The lowest BCUT2D eigenvalue weighted by Crippen LogP contribution is -2.55. The molecule has 9 heteroatoms. The molecule has 2 rings (SSSR count). The van der Waals surface area contributed by atoms with Gasteiger partial charge in [0.05, 0.1) is 0 Å². The average molecular weight is 286 g/mol. The number of nitrogens with one attached hydrogen (secondary N) is 1. The van der Waals surface area contributed by atoms with E-state index in [4.69, 9.17) is 5.11 Å². The van der Waals surface area contributed by atoms with Crippen LogP contribution in [0.1, 0.15) is 6.92 Å². The van der Waals surface area contributed by atoms with Crippen LogP contribution in [0.4, 0.5) is 19.0 Å². The van der Waals surface area contributed by atoms with E-state index in [1.54, 1.807) is 0 Å². The normalized spacial score (nSPS) is 14.8. The van der Waals surface area contributed by atoms with Gasteiger partial charge >= 0.3 is 12.1 Å². The minimum absolute atomic E-state index is 0.118. The van der Waals surface area contributed by atoms with Crippen LogP contribution in [-0.4, -0.2) is 37.7 Å². The first-order valence-electron chi connectivity index (χ1n) is 5.40. The van der Waals surface area contributed by atoms with Crippen molar-refractivity contribution in [2.75, 3.05) is 5.32 Å². The third-order valence-electron chi connectivity index (χ3n) is 2.70. The fraction of sp³-hybridized carbons (Fsp3) is 0.273. The molecule has 2 aromatic rings. The van der Waals surface area contributed by atoms with Gasteiger partial charge in [-0.3, -0.25) is 4.98 Å². The van der Waals surface area contributed by atoms with Crippen molar-refractivity contribution in [2.24, 2.45) is 0 Å². The van der Waals surface area contributed by atoms with Gasteiger partial charge in [-0.15, -0.1) is 0 Å². The van der Waals surface area contributed by atoms with E-state index in [0.29, 0.717) is 12.4 Å². The summed E-state index contributed by atoms with van der Waals surface area (Å²) < 4.78 is 38.6. The van der Waals surface area contributed by atoms with Crippen LogP contribution in [0.5, 0.6) is 0 Å².